The number of nitrogens with zero attached hydrogens (tertiary/aromatic N) is 3. The van der Waals surface area contributed by atoms with Crippen molar-refractivity contribution in [2.24, 2.45) is 0 Å². The molecule has 0 aliphatic carbocycles. The van der Waals surface area contributed by atoms with E-state index in [2.05, 4.69) is 4.98 Å². The first-order valence-electron chi connectivity index (χ1n) is 8.76. The van der Waals surface area contributed by atoms with Crippen molar-refractivity contribution in [1.82, 2.24) is 14.3 Å². The molecule has 3 aromatic rings. The fourth-order valence-corrected chi connectivity index (χ4v) is 3.24. The van der Waals surface area contributed by atoms with Crippen LogP contribution < -0.4 is 9.47 Å². The zero-order valence-corrected chi connectivity index (χ0v) is 14.7. The first kappa shape index (κ1) is 16.4. The van der Waals surface area contributed by atoms with Crippen molar-refractivity contribution >= 4 is 11.6 Å². The number of hydrogen-bond acceptors (Lipinski definition) is 4. The summed E-state index contributed by atoms with van der Waals surface area (Å²) in [5.74, 6) is 1.56. The Labute approximate surface area is 152 Å². The van der Waals surface area contributed by atoms with Crippen LogP contribution in [-0.2, 0) is 0 Å². The number of benzene rings is 1. The zero-order chi connectivity index (χ0) is 17.9. The maximum absolute atomic E-state index is 12.7. The second-order valence-corrected chi connectivity index (χ2v) is 6.38. The Kier molecular flexibility index (Phi) is 4.48. The van der Waals surface area contributed by atoms with E-state index in [1.54, 1.807) is 13.3 Å². The molecule has 0 saturated carbocycles. The third-order valence-electron chi connectivity index (χ3n) is 4.66. The SMILES string of the molecule is COc1cccc(OC2CCN(C(=O)c3cn4ccccc4n3)CC2)c1. The summed E-state index contributed by atoms with van der Waals surface area (Å²) in [6.07, 6.45) is 5.39. The predicted molar refractivity (Wildman–Crippen MR) is 97.7 cm³/mol. The lowest BCUT2D eigenvalue weighted by atomic mass is 10.1. The van der Waals surface area contributed by atoms with Gasteiger partial charge in [-0.1, -0.05) is 12.1 Å². The molecule has 2 aromatic heterocycles. The highest BCUT2D eigenvalue weighted by molar-refractivity contribution is 5.93. The number of carbonyl (C=O) groups excluding carboxylic acids is 1. The van der Waals surface area contributed by atoms with Gasteiger partial charge in [-0.25, -0.2) is 4.98 Å². The summed E-state index contributed by atoms with van der Waals surface area (Å²) in [4.78, 5) is 19.0. The van der Waals surface area contributed by atoms with Gasteiger partial charge in [0.05, 0.1) is 7.11 Å². The van der Waals surface area contributed by atoms with Gasteiger partial charge < -0.3 is 18.8 Å². The van der Waals surface area contributed by atoms with Gasteiger partial charge in [-0.15, -0.1) is 0 Å². The van der Waals surface area contributed by atoms with Crippen LogP contribution in [0.2, 0.25) is 0 Å². The second kappa shape index (κ2) is 7.07. The Bertz CT molecular complexity index is 880. The quantitative estimate of drug-likeness (QED) is 0.725. The van der Waals surface area contributed by atoms with Crippen molar-refractivity contribution in [3.8, 4) is 11.5 Å². The highest BCUT2D eigenvalue weighted by atomic mass is 16.5. The predicted octanol–water partition coefficient (Wildman–Crippen LogP) is 3.03. The van der Waals surface area contributed by atoms with Crippen molar-refractivity contribution in [2.45, 2.75) is 18.9 Å². The molecule has 6 nitrogen and oxygen atoms in total. The van der Waals surface area contributed by atoms with Crippen molar-refractivity contribution < 1.29 is 14.3 Å². The molecule has 0 bridgehead atoms. The van der Waals surface area contributed by atoms with Crippen LogP contribution >= 0.6 is 0 Å². The van der Waals surface area contributed by atoms with Crippen LogP contribution in [0.15, 0.2) is 54.9 Å². The van der Waals surface area contributed by atoms with E-state index in [1.165, 1.54) is 0 Å². The van der Waals surface area contributed by atoms with E-state index in [0.29, 0.717) is 18.8 Å². The van der Waals surface area contributed by atoms with E-state index in [-0.39, 0.29) is 12.0 Å². The van der Waals surface area contributed by atoms with Gasteiger partial charge in [-0.2, -0.15) is 0 Å². The molecule has 1 aliphatic rings. The highest BCUT2D eigenvalue weighted by Crippen LogP contribution is 2.23. The van der Waals surface area contributed by atoms with Crippen molar-refractivity contribution in [3.05, 3.63) is 60.6 Å². The molecular formula is C20H21N3O3. The first-order chi connectivity index (χ1) is 12.7. The van der Waals surface area contributed by atoms with Crippen LogP contribution in [0.4, 0.5) is 0 Å². The molecule has 4 rings (SSSR count). The van der Waals surface area contributed by atoms with Gasteiger partial charge in [0, 0.05) is 44.4 Å². The lowest BCUT2D eigenvalue weighted by Crippen LogP contribution is -2.41. The number of aromatic nitrogens is 2. The third kappa shape index (κ3) is 3.35. The minimum absolute atomic E-state index is 0.0199. The summed E-state index contributed by atoms with van der Waals surface area (Å²) >= 11 is 0. The zero-order valence-electron chi connectivity index (χ0n) is 14.7. The van der Waals surface area contributed by atoms with Crippen LogP contribution in [0.5, 0.6) is 11.5 Å². The summed E-state index contributed by atoms with van der Waals surface area (Å²) < 4.78 is 13.1. The van der Waals surface area contributed by atoms with E-state index in [0.717, 1.165) is 30.0 Å². The average molecular weight is 351 g/mol. The molecule has 1 aromatic carbocycles. The number of amides is 1. The molecule has 0 radical (unpaired) electrons. The summed E-state index contributed by atoms with van der Waals surface area (Å²) in [5, 5.41) is 0. The molecule has 26 heavy (non-hydrogen) atoms. The maximum atomic E-state index is 12.7. The number of hydrogen-bond donors (Lipinski definition) is 0. The van der Waals surface area contributed by atoms with Crippen molar-refractivity contribution in [1.29, 1.82) is 0 Å². The fraction of sp³-hybridized carbons (Fsp3) is 0.300. The largest absolute Gasteiger partial charge is 0.497 e. The van der Waals surface area contributed by atoms with Crippen molar-refractivity contribution in [3.63, 3.8) is 0 Å². The first-order valence-corrected chi connectivity index (χ1v) is 8.76. The van der Waals surface area contributed by atoms with Crippen LogP contribution in [0, 0.1) is 0 Å². The van der Waals surface area contributed by atoms with Crippen LogP contribution in [0.3, 0.4) is 0 Å². The van der Waals surface area contributed by atoms with Crippen LogP contribution in [0.1, 0.15) is 23.3 Å². The molecule has 134 valence electrons. The van der Waals surface area contributed by atoms with Gasteiger partial charge >= 0.3 is 0 Å². The van der Waals surface area contributed by atoms with E-state index < -0.39 is 0 Å². The summed E-state index contributed by atoms with van der Waals surface area (Å²) in [6.45, 7) is 1.34. The van der Waals surface area contributed by atoms with Gasteiger partial charge in [-0.3, -0.25) is 4.79 Å². The minimum Gasteiger partial charge on any atom is -0.497 e. The molecule has 1 fully saturated rings. The smallest absolute Gasteiger partial charge is 0.274 e. The molecule has 1 amide bonds. The average Bonchev–Trinajstić information content (AvgIpc) is 3.12. The van der Waals surface area contributed by atoms with Gasteiger partial charge in [0.15, 0.2) is 0 Å². The number of pyridine rings is 1. The molecule has 0 N–H and O–H groups in total. The highest BCUT2D eigenvalue weighted by Gasteiger charge is 2.26. The lowest BCUT2D eigenvalue weighted by molar-refractivity contribution is 0.0590. The summed E-state index contributed by atoms with van der Waals surface area (Å²) in [5.41, 5.74) is 1.27. The van der Waals surface area contributed by atoms with E-state index >= 15 is 0 Å². The van der Waals surface area contributed by atoms with Gasteiger partial charge in [-0.05, 0) is 24.3 Å². The molecule has 1 saturated heterocycles. The normalized spacial score (nSPS) is 15.2. The maximum Gasteiger partial charge on any atom is 0.274 e. The Morgan fingerprint density at radius 3 is 2.69 bits per heavy atom. The third-order valence-corrected chi connectivity index (χ3v) is 4.66. The molecule has 0 spiro atoms. The standard InChI is InChI=1S/C20H21N3O3/c1-25-16-5-4-6-17(13-16)26-15-8-11-22(12-9-15)20(24)18-14-23-10-3-2-7-19(23)21-18/h2-7,10,13-15H,8-9,11-12H2,1H3. The molecule has 0 atom stereocenters. The Morgan fingerprint density at radius 2 is 1.92 bits per heavy atom. The number of likely N-dealkylation sites (tertiary alicyclic amines) is 1. The van der Waals surface area contributed by atoms with Gasteiger partial charge in [0.2, 0.25) is 0 Å². The molecule has 6 heteroatoms. The summed E-state index contributed by atoms with van der Waals surface area (Å²) in [6, 6.07) is 13.3. The number of imidazole rings is 1. The molecule has 3 heterocycles. The number of rotatable bonds is 4. The molecular weight excluding hydrogens is 330 g/mol. The summed E-state index contributed by atoms with van der Waals surface area (Å²) in [7, 11) is 1.64. The monoisotopic (exact) mass is 351 g/mol. The van der Waals surface area contributed by atoms with Crippen molar-refractivity contribution in [2.75, 3.05) is 20.2 Å². The van der Waals surface area contributed by atoms with Gasteiger partial charge in [0.1, 0.15) is 28.9 Å². The van der Waals surface area contributed by atoms with E-state index in [1.807, 2.05) is 58.0 Å². The number of methoxy groups -OCH3 is 1. The minimum atomic E-state index is -0.0199. The fourth-order valence-electron chi connectivity index (χ4n) is 3.24. The van der Waals surface area contributed by atoms with E-state index in [4.69, 9.17) is 9.47 Å². The topological polar surface area (TPSA) is 56.1 Å². The lowest BCUT2D eigenvalue weighted by Gasteiger charge is -2.31. The van der Waals surface area contributed by atoms with Crippen LogP contribution in [0.25, 0.3) is 5.65 Å². The Hall–Kier alpha value is -3.02. The molecule has 1 aliphatic heterocycles. The van der Waals surface area contributed by atoms with Gasteiger partial charge in [0.25, 0.3) is 5.91 Å². The Balaban J connectivity index is 1.37. The van der Waals surface area contributed by atoms with Crippen LogP contribution in [-0.4, -0.2) is 46.5 Å². The number of ether oxygens (including phenoxy) is 2. The molecule has 0 unspecified atom stereocenters. The number of carbonyl (C=O) groups is 1. The number of fused-ring (bicyclic) bond motifs is 1. The number of piperidine rings is 1. The second-order valence-electron chi connectivity index (χ2n) is 6.38. The Morgan fingerprint density at radius 1 is 1.12 bits per heavy atom. The van der Waals surface area contributed by atoms with E-state index in [9.17, 15) is 4.79 Å².